The molecule has 9 heteroatoms. The quantitative estimate of drug-likeness (QED) is 0.525. The van der Waals surface area contributed by atoms with Crippen molar-refractivity contribution in [1.29, 1.82) is 0 Å². The van der Waals surface area contributed by atoms with Crippen LogP contribution in [0.2, 0.25) is 0 Å². The smallest absolute Gasteiger partial charge is 0.230 e. The van der Waals surface area contributed by atoms with Crippen molar-refractivity contribution < 1.29 is 30.7 Å². The number of alkyl halides is 7. The minimum Gasteiger partial charge on any atom is -0.230 e. The third-order valence-electron chi connectivity index (χ3n) is 1.48. The highest BCUT2D eigenvalue weighted by molar-refractivity contribution is 7.86. The molecule has 0 aliphatic carbocycles. The predicted molar refractivity (Wildman–Crippen MR) is 42.3 cm³/mol. The number of rotatable bonds is 1. The molecule has 0 spiro atoms. The Morgan fingerprint density at radius 3 is 0.929 bits per heavy atom. The first-order chi connectivity index (χ1) is 5.75. The Hall–Kier alpha value is 0.210. The lowest BCUT2D eigenvalue weighted by molar-refractivity contribution is -0.280. The molecule has 0 nitrogen and oxygen atoms in total. The van der Waals surface area contributed by atoms with E-state index in [1.807, 2.05) is 0 Å². The molecule has 0 rings (SSSR count). The number of halogens is 7. The van der Waals surface area contributed by atoms with E-state index < -0.39 is 22.1 Å². The maximum Gasteiger partial charge on any atom is 0.415 e. The van der Waals surface area contributed by atoms with Gasteiger partial charge in [-0.3, -0.25) is 0 Å². The summed E-state index contributed by atoms with van der Waals surface area (Å²) in [6.07, 6.45) is -11.8. The van der Waals surface area contributed by atoms with Crippen molar-refractivity contribution in [2.24, 2.45) is 0 Å². The summed E-state index contributed by atoms with van der Waals surface area (Å²) in [5.74, 6) is 0. The lowest BCUT2D eigenvalue weighted by Gasteiger charge is -2.39. The van der Waals surface area contributed by atoms with E-state index in [9.17, 15) is 30.7 Å². The molecular formula is C5H5F7S2. The summed E-state index contributed by atoms with van der Waals surface area (Å²) < 4.78 is 80.0. The second-order valence-corrected chi connectivity index (χ2v) is 4.17. The van der Waals surface area contributed by atoms with Crippen molar-refractivity contribution in [3.63, 3.8) is 0 Å². The Balaban J connectivity index is 5.54. The molecule has 0 heterocycles. The van der Waals surface area contributed by atoms with Crippen LogP contribution in [0.4, 0.5) is 30.7 Å². The van der Waals surface area contributed by atoms with E-state index in [4.69, 9.17) is 0 Å². The Bertz CT molecular complexity index is 174. The Morgan fingerprint density at radius 2 is 0.929 bits per heavy atom. The molecule has 0 aliphatic rings. The summed E-state index contributed by atoms with van der Waals surface area (Å²) in [5.41, 5.74) is 0. The van der Waals surface area contributed by atoms with Crippen molar-refractivity contribution in [3.05, 3.63) is 0 Å². The molecule has 0 N–H and O–H groups in total. The van der Waals surface area contributed by atoms with E-state index in [2.05, 4.69) is 25.3 Å². The lowest BCUT2D eigenvalue weighted by Crippen LogP contribution is -2.62. The van der Waals surface area contributed by atoms with Gasteiger partial charge in [-0.05, 0) is 6.92 Å². The van der Waals surface area contributed by atoms with E-state index in [1.165, 1.54) is 0 Å². The molecule has 14 heavy (non-hydrogen) atoms. The van der Waals surface area contributed by atoms with Crippen molar-refractivity contribution in [3.8, 4) is 0 Å². The fourth-order valence-electron chi connectivity index (χ4n) is 0.678. The minimum atomic E-state index is -5.89. The van der Waals surface area contributed by atoms with E-state index in [-0.39, 0.29) is 6.92 Å². The van der Waals surface area contributed by atoms with Gasteiger partial charge in [-0.25, -0.2) is 4.39 Å². The normalized spacial score (nSPS) is 19.3. The highest BCUT2D eigenvalue weighted by Crippen LogP contribution is 2.56. The van der Waals surface area contributed by atoms with Crippen LogP contribution in [0.25, 0.3) is 0 Å². The number of thiol groups is 2. The lowest BCUT2D eigenvalue weighted by atomic mass is 10.0. The topological polar surface area (TPSA) is 0 Å². The standard InChI is InChI=1S/C5H5F7S2/c1-2(6,13)3(14,4(7,8)9)5(10,11)12/h13-14H,1H3. The van der Waals surface area contributed by atoms with Gasteiger partial charge in [0.15, 0.2) is 5.00 Å². The maximum atomic E-state index is 12.8. The van der Waals surface area contributed by atoms with Crippen molar-refractivity contribution in [2.45, 2.75) is 29.0 Å². The molecule has 0 amide bonds. The van der Waals surface area contributed by atoms with Crippen molar-refractivity contribution in [1.82, 2.24) is 0 Å². The van der Waals surface area contributed by atoms with Crippen LogP contribution >= 0.6 is 25.3 Å². The van der Waals surface area contributed by atoms with Gasteiger partial charge < -0.3 is 0 Å². The molecule has 0 aliphatic heterocycles. The second-order valence-electron chi connectivity index (χ2n) is 2.66. The number of hydrogen-bond donors (Lipinski definition) is 2. The van der Waals surface area contributed by atoms with Crippen LogP contribution < -0.4 is 0 Å². The van der Waals surface area contributed by atoms with Gasteiger partial charge in [0, 0.05) is 0 Å². The van der Waals surface area contributed by atoms with E-state index >= 15 is 0 Å². The molecule has 0 aromatic rings. The zero-order chi connectivity index (χ0) is 12.0. The molecule has 0 radical (unpaired) electrons. The summed E-state index contributed by atoms with van der Waals surface area (Å²) in [5, 5.41) is -3.87. The van der Waals surface area contributed by atoms with Crippen LogP contribution in [0, 0.1) is 0 Å². The van der Waals surface area contributed by atoms with Crippen molar-refractivity contribution >= 4 is 25.3 Å². The van der Waals surface area contributed by atoms with Gasteiger partial charge in [-0.15, -0.1) is 25.3 Å². The average molecular weight is 262 g/mol. The van der Waals surface area contributed by atoms with Crippen LogP contribution in [0.3, 0.4) is 0 Å². The predicted octanol–water partition coefficient (Wildman–Crippen LogP) is 3.40. The fraction of sp³-hybridized carbons (Fsp3) is 1.00. The molecular weight excluding hydrogens is 257 g/mol. The average Bonchev–Trinajstić information content (AvgIpc) is 1.77. The van der Waals surface area contributed by atoms with Gasteiger partial charge in [0.05, 0.1) is 0 Å². The van der Waals surface area contributed by atoms with E-state index in [0.29, 0.717) is 0 Å². The van der Waals surface area contributed by atoms with Crippen LogP contribution in [0.1, 0.15) is 6.92 Å². The van der Waals surface area contributed by atoms with Crippen LogP contribution in [0.5, 0.6) is 0 Å². The molecule has 0 saturated carbocycles. The fourth-order valence-corrected chi connectivity index (χ4v) is 0.932. The van der Waals surface area contributed by atoms with Crippen LogP contribution in [-0.4, -0.2) is 22.1 Å². The first-order valence-electron chi connectivity index (χ1n) is 3.02. The Kier molecular flexibility index (Phi) is 3.41. The molecule has 86 valence electrons. The largest absolute Gasteiger partial charge is 0.415 e. The third-order valence-corrected chi connectivity index (χ3v) is 2.92. The summed E-state index contributed by atoms with van der Waals surface area (Å²) >= 11 is 5.00. The van der Waals surface area contributed by atoms with Gasteiger partial charge >= 0.3 is 12.4 Å². The first kappa shape index (κ1) is 14.2. The molecule has 0 bridgehead atoms. The van der Waals surface area contributed by atoms with Crippen molar-refractivity contribution in [2.75, 3.05) is 0 Å². The Morgan fingerprint density at radius 1 is 0.714 bits per heavy atom. The molecule has 0 aromatic heterocycles. The summed E-state index contributed by atoms with van der Waals surface area (Å²) in [6, 6.07) is 0. The molecule has 0 aromatic carbocycles. The maximum absolute atomic E-state index is 12.8. The zero-order valence-corrected chi connectivity index (χ0v) is 8.33. The van der Waals surface area contributed by atoms with Crippen LogP contribution in [-0.2, 0) is 0 Å². The highest BCUT2D eigenvalue weighted by Gasteiger charge is 2.76. The highest BCUT2D eigenvalue weighted by atomic mass is 32.1. The molecule has 1 unspecified atom stereocenters. The Labute approximate surface area is 85.7 Å². The monoisotopic (exact) mass is 262 g/mol. The minimum absolute atomic E-state index is 0.0457. The zero-order valence-electron chi connectivity index (χ0n) is 6.54. The number of hydrogen-bond acceptors (Lipinski definition) is 2. The molecule has 0 fully saturated rings. The van der Waals surface area contributed by atoms with Gasteiger partial charge in [-0.1, -0.05) is 0 Å². The van der Waals surface area contributed by atoms with Gasteiger partial charge in [0.1, 0.15) is 0 Å². The van der Waals surface area contributed by atoms with Gasteiger partial charge in [-0.2, -0.15) is 26.3 Å². The summed E-state index contributed by atoms with van der Waals surface area (Å²) in [7, 11) is 0. The summed E-state index contributed by atoms with van der Waals surface area (Å²) in [4.78, 5) is 0. The molecule has 1 atom stereocenters. The van der Waals surface area contributed by atoms with E-state index in [1.54, 1.807) is 0 Å². The van der Waals surface area contributed by atoms with Gasteiger partial charge in [0.25, 0.3) is 0 Å². The van der Waals surface area contributed by atoms with Crippen LogP contribution in [0.15, 0.2) is 0 Å². The summed E-state index contributed by atoms with van der Waals surface area (Å²) in [6.45, 7) is 0.0457. The first-order valence-corrected chi connectivity index (χ1v) is 3.91. The SMILES string of the molecule is CC(F)(S)C(S)(C(F)(F)F)C(F)(F)F. The third kappa shape index (κ3) is 2.07. The molecule has 0 saturated heterocycles. The second kappa shape index (κ2) is 3.36. The van der Waals surface area contributed by atoms with Gasteiger partial charge in [0.2, 0.25) is 4.75 Å². The van der Waals surface area contributed by atoms with E-state index in [0.717, 1.165) is 0 Å².